The van der Waals surface area contributed by atoms with E-state index in [-0.39, 0.29) is 31.8 Å². The van der Waals surface area contributed by atoms with Crippen molar-refractivity contribution >= 4 is 34.9 Å². The number of guanidine groups is 1. The molecule has 0 spiro atoms. The Balaban J connectivity index is 2.06. The molecule has 1 aromatic heterocycles. The van der Waals surface area contributed by atoms with Crippen LogP contribution in [0.4, 0.5) is 0 Å². The number of aromatic nitrogens is 1. The van der Waals surface area contributed by atoms with Crippen molar-refractivity contribution in [2.75, 3.05) is 27.1 Å². The standard InChI is InChI=1S/C12H16ClN5O5S/c1-22-10(19)3-2-4-16-7-23-8-17(12(16)15-18(20)21)6-9-5-14-11(13)24-9/h5H,2-4,6-8H2,1H3/b15-12+. The Hall–Kier alpha value is -1.98. The van der Waals surface area contributed by atoms with Gasteiger partial charge in [0.25, 0.3) is 5.96 Å². The molecule has 0 radical (unpaired) electrons. The van der Waals surface area contributed by atoms with Crippen molar-refractivity contribution in [3.8, 4) is 0 Å². The van der Waals surface area contributed by atoms with Crippen molar-refractivity contribution in [3.05, 3.63) is 25.7 Å². The first-order valence-electron chi connectivity index (χ1n) is 6.97. The number of halogens is 1. The monoisotopic (exact) mass is 377 g/mol. The first kappa shape index (κ1) is 18.4. The fourth-order valence-electron chi connectivity index (χ4n) is 2.12. The summed E-state index contributed by atoms with van der Waals surface area (Å²) in [5.74, 6) is -0.155. The minimum absolute atomic E-state index is 0.161. The average Bonchev–Trinajstić information content (AvgIpc) is 2.94. The fourth-order valence-corrected chi connectivity index (χ4v) is 3.11. The third-order valence-electron chi connectivity index (χ3n) is 3.14. The Morgan fingerprint density at radius 1 is 1.58 bits per heavy atom. The smallest absolute Gasteiger partial charge is 0.305 e. The Morgan fingerprint density at radius 2 is 2.33 bits per heavy atom. The van der Waals surface area contributed by atoms with Gasteiger partial charge in [-0.2, -0.15) is 0 Å². The van der Waals surface area contributed by atoms with Crippen LogP contribution in [0.3, 0.4) is 0 Å². The molecular weight excluding hydrogens is 362 g/mol. The van der Waals surface area contributed by atoms with E-state index >= 15 is 0 Å². The molecule has 0 aromatic carbocycles. The minimum Gasteiger partial charge on any atom is -0.469 e. The van der Waals surface area contributed by atoms with Gasteiger partial charge in [-0.25, -0.2) is 15.1 Å². The van der Waals surface area contributed by atoms with Gasteiger partial charge in [-0.05, 0) is 6.42 Å². The molecule has 0 aliphatic carbocycles. The number of thiazole rings is 1. The molecule has 2 rings (SSSR count). The second kappa shape index (κ2) is 8.76. The molecular formula is C12H16ClN5O5S. The molecule has 24 heavy (non-hydrogen) atoms. The highest BCUT2D eigenvalue weighted by molar-refractivity contribution is 7.15. The number of hydrogen-bond acceptors (Lipinski definition) is 7. The lowest BCUT2D eigenvalue weighted by Gasteiger charge is -2.36. The summed E-state index contributed by atoms with van der Waals surface area (Å²) < 4.78 is 10.4. The van der Waals surface area contributed by atoms with Crippen molar-refractivity contribution in [3.63, 3.8) is 0 Å². The SMILES string of the molecule is COC(=O)CCCN1COCN(Cc2cnc(Cl)s2)/C1=N/[N+](=O)[O-]. The van der Waals surface area contributed by atoms with Crippen molar-refractivity contribution in [1.29, 1.82) is 0 Å². The third kappa shape index (κ3) is 5.28. The maximum atomic E-state index is 11.2. The summed E-state index contributed by atoms with van der Waals surface area (Å²) in [5.41, 5.74) is 0. The molecule has 2 heterocycles. The van der Waals surface area contributed by atoms with Gasteiger partial charge < -0.3 is 19.3 Å². The van der Waals surface area contributed by atoms with Crippen LogP contribution in [0.25, 0.3) is 0 Å². The summed E-state index contributed by atoms with van der Waals surface area (Å²) >= 11 is 7.09. The quantitative estimate of drug-likeness (QED) is 0.397. The molecule has 1 aromatic rings. The summed E-state index contributed by atoms with van der Waals surface area (Å²) in [4.78, 5) is 30.0. The maximum absolute atomic E-state index is 11.2. The van der Waals surface area contributed by atoms with Gasteiger partial charge in [-0.1, -0.05) is 11.6 Å². The number of ether oxygens (including phenoxy) is 2. The second-order valence-corrected chi connectivity index (χ2v) is 6.52. The Labute approximate surface area is 146 Å². The number of nitro groups is 1. The van der Waals surface area contributed by atoms with Gasteiger partial charge in [0, 0.05) is 24.0 Å². The van der Waals surface area contributed by atoms with Crippen LogP contribution in [0.5, 0.6) is 0 Å². The van der Waals surface area contributed by atoms with E-state index in [0.717, 1.165) is 4.88 Å². The van der Waals surface area contributed by atoms with E-state index in [4.69, 9.17) is 16.3 Å². The molecule has 1 aliphatic heterocycles. The van der Waals surface area contributed by atoms with Crippen LogP contribution in [-0.4, -0.2) is 58.9 Å². The van der Waals surface area contributed by atoms with Crippen LogP contribution in [0.1, 0.15) is 17.7 Å². The van der Waals surface area contributed by atoms with E-state index in [9.17, 15) is 14.9 Å². The molecule has 1 aliphatic rings. The van der Waals surface area contributed by atoms with E-state index in [1.165, 1.54) is 18.4 Å². The second-order valence-electron chi connectivity index (χ2n) is 4.82. The number of esters is 1. The molecule has 10 nitrogen and oxygen atoms in total. The van der Waals surface area contributed by atoms with Gasteiger partial charge in [-0.15, -0.1) is 11.3 Å². The zero-order chi connectivity index (χ0) is 17.5. The summed E-state index contributed by atoms with van der Waals surface area (Å²) in [5, 5.41) is 13.6. The Bertz CT molecular complexity index is 625. The summed E-state index contributed by atoms with van der Waals surface area (Å²) in [7, 11) is 1.31. The third-order valence-corrected chi connectivity index (χ3v) is 4.24. The number of hydrazone groups is 1. The first-order valence-corrected chi connectivity index (χ1v) is 8.16. The van der Waals surface area contributed by atoms with Crippen LogP contribution in [-0.2, 0) is 20.8 Å². The van der Waals surface area contributed by atoms with Crippen molar-refractivity contribution in [1.82, 2.24) is 14.8 Å². The number of methoxy groups -OCH3 is 1. The molecule has 12 heteroatoms. The highest BCUT2D eigenvalue weighted by Gasteiger charge is 2.28. The fraction of sp³-hybridized carbons (Fsp3) is 0.583. The number of carbonyl (C=O) groups is 1. The summed E-state index contributed by atoms with van der Waals surface area (Å²) in [6.45, 7) is 1.04. The van der Waals surface area contributed by atoms with Crippen molar-refractivity contribution < 1.29 is 19.3 Å². The van der Waals surface area contributed by atoms with Gasteiger partial charge in [-0.3, -0.25) is 4.79 Å². The zero-order valence-corrected chi connectivity index (χ0v) is 14.5. The molecule has 0 unspecified atom stereocenters. The number of carbonyl (C=O) groups excluding carboxylic acids is 1. The lowest BCUT2D eigenvalue weighted by Crippen LogP contribution is -2.51. The Kier molecular flexibility index (Phi) is 6.70. The van der Waals surface area contributed by atoms with Gasteiger partial charge in [0.15, 0.2) is 9.50 Å². The number of rotatable bonds is 7. The van der Waals surface area contributed by atoms with Crippen LogP contribution < -0.4 is 0 Å². The van der Waals surface area contributed by atoms with Crippen molar-refractivity contribution in [2.24, 2.45) is 5.10 Å². The molecule has 0 saturated carbocycles. The van der Waals surface area contributed by atoms with E-state index in [1.54, 1.807) is 16.0 Å². The molecule has 1 saturated heterocycles. The molecule has 1 fully saturated rings. The maximum Gasteiger partial charge on any atom is 0.305 e. The zero-order valence-electron chi connectivity index (χ0n) is 12.9. The van der Waals surface area contributed by atoms with Gasteiger partial charge >= 0.3 is 5.97 Å². The molecule has 0 atom stereocenters. The van der Waals surface area contributed by atoms with Crippen LogP contribution in [0.15, 0.2) is 11.3 Å². The predicted octanol–water partition coefficient (Wildman–Crippen LogP) is 1.35. The molecule has 0 N–H and O–H groups in total. The van der Waals surface area contributed by atoms with Crippen LogP contribution in [0, 0.1) is 10.1 Å². The summed E-state index contributed by atoms with van der Waals surface area (Å²) in [6.07, 6.45) is 2.28. The Morgan fingerprint density at radius 3 is 2.96 bits per heavy atom. The lowest BCUT2D eigenvalue weighted by molar-refractivity contribution is -0.486. The highest BCUT2D eigenvalue weighted by atomic mass is 35.5. The lowest BCUT2D eigenvalue weighted by atomic mass is 10.3. The number of hydrogen-bond donors (Lipinski definition) is 0. The van der Waals surface area contributed by atoms with Gasteiger partial charge in [0.1, 0.15) is 18.6 Å². The largest absolute Gasteiger partial charge is 0.469 e. The van der Waals surface area contributed by atoms with E-state index in [0.29, 0.717) is 24.0 Å². The molecule has 132 valence electrons. The normalized spacial score (nSPS) is 16.5. The topological polar surface area (TPSA) is 110 Å². The molecule has 0 bridgehead atoms. The molecule has 0 amide bonds. The van der Waals surface area contributed by atoms with Crippen LogP contribution in [0.2, 0.25) is 4.47 Å². The summed E-state index contributed by atoms with van der Waals surface area (Å²) in [6, 6.07) is 0. The highest BCUT2D eigenvalue weighted by Crippen LogP contribution is 2.21. The van der Waals surface area contributed by atoms with Gasteiger partial charge in [0.2, 0.25) is 0 Å². The predicted molar refractivity (Wildman–Crippen MR) is 85.9 cm³/mol. The van der Waals surface area contributed by atoms with E-state index in [1.807, 2.05) is 0 Å². The van der Waals surface area contributed by atoms with E-state index in [2.05, 4.69) is 14.8 Å². The van der Waals surface area contributed by atoms with Gasteiger partial charge in [0.05, 0.1) is 13.7 Å². The minimum atomic E-state index is -0.749. The first-order chi connectivity index (χ1) is 11.5. The van der Waals surface area contributed by atoms with E-state index < -0.39 is 5.03 Å². The van der Waals surface area contributed by atoms with Crippen molar-refractivity contribution in [2.45, 2.75) is 19.4 Å². The average molecular weight is 378 g/mol. The van der Waals surface area contributed by atoms with Crippen LogP contribution >= 0.6 is 22.9 Å². The number of nitrogens with zero attached hydrogens (tertiary/aromatic N) is 5.